The summed E-state index contributed by atoms with van der Waals surface area (Å²) in [6.45, 7) is 2.75. The summed E-state index contributed by atoms with van der Waals surface area (Å²) in [5, 5.41) is 2.63. The van der Waals surface area contributed by atoms with Gasteiger partial charge in [-0.05, 0) is 37.0 Å². The highest BCUT2D eigenvalue weighted by molar-refractivity contribution is 5.73. The van der Waals surface area contributed by atoms with Crippen molar-refractivity contribution in [3.05, 3.63) is 41.0 Å². The van der Waals surface area contributed by atoms with E-state index in [-0.39, 0.29) is 30.0 Å². The van der Waals surface area contributed by atoms with Gasteiger partial charge >= 0.3 is 0 Å². The number of hydrogen-bond donors (Lipinski definition) is 2. The van der Waals surface area contributed by atoms with E-state index in [1.807, 2.05) is 0 Å². The molecule has 0 saturated carbocycles. The first-order chi connectivity index (χ1) is 11.5. The van der Waals surface area contributed by atoms with E-state index >= 15 is 0 Å². The fourth-order valence-corrected chi connectivity index (χ4v) is 3.01. The van der Waals surface area contributed by atoms with Crippen LogP contribution in [0.4, 0.5) is 8.78 Å². The maximum Gasteiger partial charge on any atom is 0.216 e. The van der Waals surface area contributed by atoms with Crippen LogP contribution in [0.25, 0.3) is 5.70 Å². The van der Waals surface area contributed by atoms with Crippen LogP contribution < -0.4 is 10.8 Å². The van der Waals surface area contributed by atoms with Gasteiger partial charge in [0, 0.05) is 31.3 Å². The van der Waals surface area contributed by atoms with Crippen LogP contribution in [-0.2, 0) is 14.4 Å². The molecule has 1 saturated heterocycles. The van der Waals surface area contributed by atoms with Crippen molar-refractivity contribution >= 4 is 11.6 Å². The zero-order chi connectivity index (χ0) is 17.1. The maximum absolute atomic E-state index is 14.5. The Balaban J connectivity index is 1.77. The lowest BCUT2D eigenvalue weighted by atomic mass is 9.90. The second-order valence-electron chi connectivity index (χ2n) is 6.02. The van der Waals surface area contributed by atoms with Gasteiger partial charge in [0.25, 0.3) is 0 Å². The molecule has 3 rings (SSSR count). The van der Waals surface area contributed by atoms with Crippen LogP contribution in [0.3, 0.4) is 0 Å². The molecule has 2 heterocycles. The van der Waals surface area contributed by atoms with E-state index in [1.165, 1.54) is 19.1 Å². The molecule has 1 unspecified atom stereocenters. The molecule has 1 aromatic carbocycles. The SMILES string of the molecule is CC(=O)NCC1C=C(c2cc(F)c(C3CCOCC3)c(F)c2)NO1. The first-order valence-electron chi connectivity index (χ1n) is 7.99. The smallest absolute Gasteiger partial charge is 0.216 e. The minimum atomic E-state index is -0.551. The quantitative estimate of drug-likeness (QED) is 0.884. The molecule has 1 aromatic rings. The molecule has 7 heteroatoms. The Bertz CT molecular complexity index is 634. The summed E-state index contributed by atoms with van der Waals surface area (Å²) >= 11 is 0. The Kier molecular flexibility index (Phi) is 5.11. The molecular weight excluding hydrogens is 318 g/mol. The first kappa shape index (κ1) is 16.9. The molecule has 1 atom stereocenters. The van der Waals surface area contributed by atoms with E-state index < -0.39 is 11.6 Å². The summed E-state index contributed by atoms with van der Waals surface area (Å²) in [5.41, 5.74) is 3.66. The molecule has 1 amide bonds. The first-order valence-corrected chi connectivity index (χ1v) is 7.99. The minimum Gasteiger partial charge on any atom is -0.381 e. The van der Waals surface area contributed by atoms with Crippen molar-refractivity contribution in [3.63, 3.8) is 0 Å². The van der Waals surface area contributed by atoms with Crippen LogP contribution in [0, 0.1) is 11.6 Å². The highest BCUT2D eigenvalue weighted by atomic mass is 19.1. The molecule has 0 radical (unpaired) electrons. The van der Waals surface area contributed by atoms with Crippen LogP contribution in [-0.4, -0.2) is 31.8 Å². The number of carbonyl (C=O) groups is 1. The third-order valence-electron chi connectivity index (χ3n) is 4.24. The third kappa shape index (κ3) is 3.73. The van der Waals surface area contributed by atoms with Crippen LogP contribution in [0.1, 0.15) is 36.8 Å². The molecule has 2 aliphatic heterocycles. The van der Waals surface area contributed by atoms with Crippen LogP contribution >= 0.6 is 0 Å². The highest BCUT2D eigenvalue weighted by Crippen LogP contribution is 2.33. The number of nitrogens with one attached hydrogen (secondary N) is 2. The number of benzene rings is 1. The number of hydroxylamine groups is 1. The van der Waals surface area contributed by atoms with Crippen molar-refractivity contribution in [3.8, 4) is 0 Å². The number of halogens is 2. The second-order valence-corrected chi connectivity index (χ2v) is 6.02. The molecule has 130 valence electrons. The second kappa shape index (κ2) is 7.27. The summed E-state index contributed by atoms with van der Waals surface area (Å²) in [4.78, 5) is 16.2. The van der Waals surface area contributed by atoms with Gasteiger partial charge in [-0.2, -0.15) is 0 Å². The number of carbonyl (C=O) groups excluding carboxylic acids is 1. The maximum atomic E-state index is 14.5. The third-order valence-corrected chi connectivity index (χ3v) is 4.24. The normalized spacial score (nSPS) is 21.3. The van der Waals surface area contributed by atoms with Gasteiger partial charge in [-0.1, -0.05) is 0 Å². The lowest BCUT2D eigenvalue weighted by molar-refractivity contribution is -0.119. The van der Waals surface area contributed by atoms with Gasteiger partial charge in [0.15, 0.2) is 0 Å². The average molecular weight is 338 g/mol. The lowest BCUT2D eigenvalue weighted by Crippen LogP contribution is -2.30. The van der Waals surface area contributed by atoms with E-state index in [9.17, 15) is 13.6 Å². The predicted molar refractivity (Wildman–Crippen MR) is 83.8 cm³/mol. The van der Waals surface area contributed by atoms with Crippen LogP contribution in [0.2, 0.25) is 0 Å². The Morgan fingerprint density at radius 2 is 1.96 bits per heavy atom. The number of ether oxygens (including phenoxy) is 1. The summed E-state index contributed by atoms with van der Waals surface area (Å²) < 4.78 is 34.2. The standard InChI is InChI=1S/C17H20F2N2O3/c1-10(22)20-9-13-8-16(21-24-13)12-6-14(18)17(15(19)7-12)11-2-4-23-5-3-11/h6-8,11,13,21H,2-5,9H2,1H3,(H,20,22). The molecule has 0 aliphatic carbocycles. The fourth-order valence-electron chi connectivity index (χ4n) is 3.01. The topological polar surface area (TPSA) is 59.6 Å². The minimum absolute atomic E-state index is 0.136. The van der Waals surface area contributed by atoms with Gasteiger partial charge in [0.05, 0.1) is 12.2 Å². The van der Waals surface area contributed by atoms with E-state index in [2.05, 4.69) is 10.8 Å². The fraction of sp³-hybridized carbons (Fsp3) is 0.471. The number of rotatable bonds is 4. The monoisotopic (exact) mass is 338 g/mol. The molecule has 2 aliphatic rings. The van der Waals surface area contributed by atoms with E-state index in [0.29, 0.717) is 37.3 Å². The molecule has 0 aromatic heterocycles. The van der Waals surface area contributed by atoms with E-state index in [4.69, 9.17) is 9.57 Å². The van der Waals surface area contributed by atoms with Gasteiger partial charge in [0.2, 0.25) is 5.91 Å². The van der Waals surface area contributed by atoms with Crippen LogP contribution in [0.5, 0.6) is 0 Å². The van der Waals surface area contributed by atoms with Crippen molar-refractivity contribution in [1.82, 2.24) is 10.8 Å². The van der Waals surface area contributed by atoms with Gasteiger partial charge in [-0.3, -0.25) is 15.1 Å². The molecule has 0 spiro atoms. The molecule has 0 bridgehead atoms. The number of hydrogen-bond acceptors (Lipinski definition) is 4. The highest BCUT2D eigenvalue weighted by Gasteiger charge is 2.25. The van der Waals surface area contributed by atoms with Crippen molar-refractivity contribution in [2.24, 2.45) is 0 Å². The van der Waals surface area contributed by atoms with Gasteiger partial charge < -0.3 is 10.1 Å². The molecular formula is C17H20F2N2O3. The zero-order valence-corrected chi connectivity index (χ0v) is 13.4. The van der Waals surface area contributed by atoms with Gasteiger partial charge in [-0.25, -0.2) is 8.78 Å². The Labute approximate surface area is 139 Å². The molecule has 5 nitrogen and oxygen atoms in total. The van der Waals surface area contributed by atoms with Crippen molar-refractivity contribution in [1.29, 1.82) is 0 Å². The summed E-state index contributed by atoms with van der Waals surface area (Å²) in [6, 6.07) is 2.63. The van der Waals surface area contributed by atoms with Crippen molar-refractivity contribution in [2.75, 3.05) is 19.8 Å². The lowest BCUT2D eigenvalue weighted by Gasteiger charge is -2.23. The molecule has 1 fully saturated rings. The molecule has 24 heavy (non-hydrogen) atoms. The average Bonchev–Trinajstić information content (AvgIpc) is 3.02. The van der Waals surface area contributed by atoms with Gasteiger partial charge in [0.1, 0.15) is 17.7 Å². The van der Waals surface area contributed by atoms with Gasteiger partial charge in [-0.15, -0.1) is 0 Å². The summed E-state index contributed by atoms with van der Waals surface area (Å²) in [6.07, 6.45) is 2.55. The summed E-state index contributed by atoms with van der Waals surface area (Å²) in [7, 11) is 0. The predicted octanol–water partition coefficient (Wildman–Crippen LogP) is 2.24. The van der Waals surface area contributed by atoms with E-state index in [0.717, 1.165) is 0 Å². The summed E-state index contributed by atoms with van der Waals surface area (Å²) in [5.74, 6) is -1.42. The van der Waals surface area contributed by atoms with E-state index in [1.54, 1.807) is 6.08 Å². The largest absolute Gasteiger partial charge is 0.381 e. The Morgan fingerprint density at radius 1 is 1.29 bits per heavy atom. The van der Waals surface area contributed by atoms with Crippen molar-refractivity contribution in [2.45, 2.75) is 31.8 Å². The van der Waals surface area contributed by atoms with Crippen molar-refractivity contribution < 1.29 is 23.1 Å². The Morgan fingerprint density at radius 3 is 2.58 bits per heavy atom. The number of amides is 1. The molecule has 2 N–H and O–H groups in total. The Hall–Kier alpha value is -1.99. The van der Waals surface area contributed by atoms with Crippen LogP contribution in [0.15, 0.2) is 18.2 Å². The zero-order valence-electron chi connectivity index (χ0n) is 13.4.